The van der Waals surface area contributed by atoms with E-state index in [0.29, 0.717) is 36.4 Å². The molecule has 4 heteroatoms. The zero-order valence-electron chi connectivity index (χ0n) is 11.1. The summed E-state index contributed by atoms with van der Waals surface area (Å²) in [6, 6.07) is 6.10. The van der Waals surface area contributed by atoms with Gasteiger partial charge >= 0.3 is 0 Å². The second-order valence-corrected chi connectivity index (χ2v) is 6.27. The Labute approximate surface area is 118 Å². The third kappa shape index (κ3) is 2.72. The molecule has 0 saturated carbocycles. The van der Waals surface area contributed by atoms with E-state index >= 15 is 4.39 Å². The Morgan fingerprint density at radius 1 is 1.37 bits per heavy atom. The van der Waals surface area contributed by atoms with E-state index in [-0.39, 0.29) is 0 Å². The normalized spacial score (nSPS) is 33.4. The monoisotopic (exact) mass is 283 g/mol. The second-order valence-electron chi connectivity index (χ2n) is 5.83. The zero-order chi connectivity index (χ0) is 13.5. The predicted octanol–water partition coefficient (Wildman–Crippen LogP) is 3.51. The molecule has 2 fully saturated rings. The van der Waals surface area contributed by atoms with Gasteiger partial charge < -0.3 is 10.1 Å². The number of methoxy groups -OCH3 is 1. The van der Waals surface area contributed by atoms with Crippen molar-refractivity contribution in [3.63, 3.8) is 0 Å². The summed E-state index contributed by atoms with van der Waals surface area (Å²) in [5, 5.41) is 4.11. The number of benzene rings is 1. The maximum absolute atomic E-state index is 15.1. The molecule has 104 valence electrons. The lowest BCUT2D eigenvalue weighted by Gasteiger charge is -2.35. The van der Waals surface area contributed by atoms with Gasteiger partial charge in [0.25, 0.3) is 0 Å². The average molecular weight is 284 g/mol. The van der Waals surface area contributed by atoms with Crippen LogP contribution in [0.25, 0.3) is 0 Å². The second kappa shape index (κ2) is 4.95. The van der Waals surface area contributed by atoms with Gasteiger partial charge in [-0.25, -0.2) is 4.39 Å². The van der Waals surface area contributed by atoms with E-state index in [4.69, 9.17) is 16.3 Å². The van der Waals surface area contributed by atoms with Crippen molar-refractivity contribution in [1.29, 1.82) is 0 Å². The summed E-state index contributed by atoms with van der Waals surface area (Å²) in [6.45, 7) is 0. The molecule has 0 radical (unpaired) electrons. The van der Waals surface area contributed by atoms with Gasteiger partial charge in [0.2, 0.25) is 0 Å². The van der Waals surface area contributed by atoms with E-state index in [1.54, 1.807) is 13.2 Å². The van der Waals surface area contributed by atoms with E-state index in [9.17, 15) is 0 Å². The smallest absolute Gasteiger partial charge is 0.122 e. The fourth-order valence-corrected chi connectivity index (χ4v) is 3.76. The van der Waals surface area contributed by atoms with Crippen LogP contribution in [0.5, 0.6) is 5.75 Å². The van der Waals surface area contributed by atoms with Crippen LogP contribution in [0.1, 0.15) is 31.2 Å². The highest BCUT2D eigenvalue weighted by Gasteiger charge is 2.44. The minimum absolute atomic E-state index is 0.342. The summed E-state index contributed by atoms with van der Waals surface area (Å²) < 4.78 is 20.4. The Morgan fingerprint density at radius 2 is 2.05 bits per heavy atom. The fraction of sp³-hybridized carbons (Fsp3) is 0.600. The number of piperidine rings is 1. The molecule has 1 aromatic carbocycles. The summed E-state index contributed by atoms with van der Waals surface area (Å²) in [6.07, 6.45) is 3.79. The number of rotatable bonds is 3. The lowest BCUT2D eigenvalue weighted by molar-refractivity contribution is 0.0886. The zero-order valence-corrected chi connectivity index (χ0v) is 11.8. The maximum atomic E-state index is 15.1. The van der Waals surface area contributed by atoms with Crippen LogP contribution < -0.4 is 10.1 Å². The van der Waals surface area contributed by atoms with Gasteiger partial charge in [0.15, 0.2) is 0 Å². The standard InChI is InChI=1S/C15H19ClFNO/c1-19-14-5-2-11(16)6-10(14)7-15(17)8-12-3-4-13(9-15)18-12/h2,5-6,12-13,18H,3-4,7-9H2,1H3. The van der Waals surface area contributed by atoms with Crippen LogP contribution in [0.15, 0.2) is 18.2 Å². The van der Waals surface area contributed by atoms with Crippen molar-refractivity contribution in [3.8, 4) is 5.75 Å². The van der Waals surface area contributed by atoms with Gasteiger partial charge in [-0.1, -0.05) is 11.6 Å². The molecule has 19 heavy (non-hydrogen) atoms. The average Bonchev–Trinajstić information content (AvgIpc) is 2.69. The van der Waals surface area contributed by atoms with Crippen molar-refractivity contribution >= 4 is 11.6 Å². The molecule has 2 saturated heterocycles. The van der Waals surface area contributed by atoms with Crippen molar-refractivity contribution in [3.05, 3.63) is 28.8 Å². The molecule has 0 aliphatic carbocycles. The lowest BCUT2D eigenvalue weighted by Crippen LogP contribution is -2.47. The summed E-state index contributed by atoms with van der Waals surface area (Å²) in [5.41, 5.74) is -0.256. The number of halogens is 2. The van der Waals surface area contributed by atoms with Crippen LogP contribution in [-0.2, 0) is 6.42 Å². The molecule has 1 aromatic rings. The van der Waals surface area contributed by atoms with Gasteiger partial charge in [0.1, 0.15) is 11.4 Å². The number of ether oxygens (including phenoxy) is 1. The summed E-state index contributed by atoms with van der Waals surface area (Å²) >= 11 is 6.02. The quantitative estimate of drug-likeness (QED) is 0.916. The summed E-state index contributed by atoms with van der Waals surface area (Å²) in [5.74, 6) is 0.729. The lowest BCUT2D eigenvalue weighted by atomic mass is 9.84. The minimum atomic E-state index is -1.13. The first kappa shape index (κ1) is 13.2. The van der Waals surface area contributed by atoms with Crippen LogP contribution in [0, 0.1) is 0 Å². The Hall–Kier alpha value is -0.800. The van der Waals surface area contributed by atoms with Crippen molar-refractivity contribution in [2.45, 2.75) is 49.9 Å². The Morgan fingerprint density at radius 3 is 2.68 bits per heavy atom. The van der Waals surface area contributed by atoms with Crippen molar-refractivity contribution < 1.29 is 9.13 Å². The first-order valence-electron chi connectivity index (χ1n) is 6.85. The highest BCUT2D eigenvalue weighted by molar-refractivity contribution is 6.30. The van der Waals surface area contributed by atoms with E-state index in [0.717, 1.165) is 24.2 Å². The molecule has 3 rings (SSSR count). The summed E-state index contributed by atoms with van der Waals surface area (Å²) in [4.78, 5) is 0. The molecule has 2 nitrogen and oxygen atoms in total. The van der Waals surface area contributed by atoms with Crippen LogP contribution in [0.2, 0.25) is 5.02 Å². The van der Waals surface area contributed by atoms with E-state index < -0.39 is 5.67 Å². The third-order valence-corrected chi connectivity index (χ3v) is 4.54. The van der Waals surface area contributed by atoms with Crippen molar-refractivity contribution in [2.75, 3.05) is 7.11 Å². The minimum Gasteiger partial charge on any atom is -0.496 e. The molecular formula is C15H19ClFNO. The van der Waals surface area contributed by atoms with E-state index in [1.165, 1.54) is 0 Å². The molecule has 0 spiro atoms. The molecule has 0 amide bonds. The van der Waals surface area contributed by atoms with Gasteiger partial charge in [-0.2, -0.15) is 0 Å². The topological polar surface area (TPSA) is 21.3 Å². The molecule has 2 bridgehead atoms. The van der Waals surface area contributed by atoms with Gasteiger partial charge in [-0.15, -0.1) is 0 Å². The highest BCUT2D eigenvalue weighted by Crippen LogP contribution is 2.40. The van der Waals surface area contributed by atoms with E-state index in [1.807, 2.05) is 12.1 Å². The Kier molecular flexibility index (Phi) is 3.44. The van der Waals surface area contributed by atoms with Crippen LogP contribution >= 0.6 is 11.6 Å². The van der Waals surface area contributed by atoms with Crippen LogP contribution in [0.3, 0.4) is 0 Å². The number of hydrogen-bond donors (Lipinski definition) is 1. The van der Waals surface area contributed by atoms with E-state index in [2.05, 4.69) is 5.32 Å². The Balaban J connectivity index is 1.82. The molecule has 2 atom stereocenters. The SMILES string of the molecule is COc1ccc(Cl)cc1CC1(F)CC2CCC(C1)N2. The summed E-state index contributed by atoms with van der Waals surface area (Å²) in [7, 11) is 1.61. The highest BCUT2D eigenvalue weighted by atomic mass is 35.5. The van der Waals surface area contributed by atoms with Crippen molar-refractivity contribution in [2.24, 2.45) is 0 Å². The van der Waals surface area contributed by atoms with Crippen LogP contribution in [0.4, 0.5) is 4.39 Å². The van der Waals surface area contributed by atoms with Crippen molar-refractivity contribution in [1.82, 2.24) is 5.32 Å². The molecule has 0 aromatic heterocycles. The molecule has 2 unspecified atom stereocenters. The maximum Gasteiger partial charge on any atom is 0.122 e. The molecule has 1 N–H and O–H groups in total. The molecule has 2 aliphatic heterocycles. The largest absolute Gasteiger partial charge is 0.496 e. The third-order valence-electron chi connectivity index (χ3n) is 4.31. The fourth-order valence-electron chi connectivity index (χ4n) is 3.56. The number of alkyl halides is 1. The number of hydrogen-bond acceptors (Lipinski definition) is 2. The predicted molar refractivity (Wildman–Crippen MR) is 74.7 cm³/mol. The molecule has 2 aliphatic rings. The first-order chi connectivity index (χ1) is 9.08. The molecule has 2 heterocycles. The number of fused-ring (bicyclic) bond motifs is 2. The number of nitrogens with one attached hydrogen (secondary N) is 1. The van der Waals surface area contributed by atoms with Crippen LogP contribution in [-0.4, -0.2) is 24.9 Å². The molecular weight excluding hydrogens is 265 g/mol. The first-order valence-corrected chi connectivity index (χ1v) is 7.23. The van der Waals surface area contributed by atoms with Gasteiger partial charge in [-0.05, 0) is 49.4 Å². The Bertz CT molecular complexity index is 467. The van der Waals surface area contributed by atoms with Gasteiger partial charge in [0.05, 0.1) is 7.11 Å². The van der Waals surface area contributed by atoms with Gasteiger partial charge in [0, 0.05) is 23.5 Å². The van der Waals surface area contributed by atoms with Gasteiger partial charge in [-0.3, -0.25) is 0 Å².